The number of aliphatic hydroxyl groups excluding tert-OH is 5. The summed E-state index contributed by atoms with van der Waals surface area (Å²) >= 11 is 0. The van der Waals surface area contributed by atoms with E-state index in [0.717, 1.165) is 10.9 Å². The predicted molar refractivity (Wildman–Crippen MR) is 154 cm³/mol. The van der Waals surface area contributed by atoms with Crippen molar-refractivity contribution in [3.05, 3.63) is 48.0 Å². The molecular weight excluding hydrogens is 564 g/mol. The molecule has 2 saturated heterocycles. The number of nitrogens with one attached hydrogen (secondary N) is 2. The second-order valence-corrected chi connectivity index (χ2v) is 16.5. The average Bonchev–Trinajstić information content (AvgIpc) is 3.42. The molecule has 9 atom stereocenters. The van der Waals surface area contributed by atoms with E-state index in [0.29, 0.717) is 17.7 Å². The highest BCUT2D eigenvalue weighted by Crippen LogP contribution is 2.58. The largest absolute Gasteiger partial charge is 0.497 e. The minimum atomic E-state index is -2.33. The molecule has 5 rings (SSSR count). The maximum Gasteiger partial charge on any atom is 0.261 e. The molecule has 3 aliphatic rings. The number of rotatable bonds is 7. The molecule has 0 aliphatic carbocycles. The summed E-state index contributed by atoms with van der Waals surface area (Å²) in [7, 11) is -0.721. The molecule has 0 saturated carbocycles. The monoisotopic (exact) mass is 602 g/mol. The van der Waals surface area contributed by atoms with Crippen LogP contribution < -0.4 is 20.6 Å². The number of aliphatic hydroxyl groups is 5. The highest BCUT2D eigenvalue weighted by molar-refractivity contribution is 6.91. The van der Waals surface area contributed by atoms with E-state index in [-0.39, 0.29) is 29.7 Å². The Morgan fingerprint density at radius 2 is 1.76 bits per heavy atom. The summed E-state index contributed by atoms with van der Waals surface area (Å²) in [5.74, 6) is -0.749. The van der Waals surface area contributed by atoms with Crippen molar-refractivity contribution in [3.8, 4) is 5.75 Å². The molecule has 0 radical (unpaired) electrons. The molecule has 2 aromatic carbocycles. The van der Waals surface area contributed by atoms with Gasteiger partial charge in [-0.15, -0.1) is 0 Å². The maximum atomic E-state index is 13.7. The molecule has 42 heavy (non-hydrogen) atoms. The van der Waals surface area contributed by atoms with E-state index >= 15 is 0 Å². The summed E-state index contributed by atoms with van der Waals surface area (Å²) in [4.78, 5) is 26.7. The Labute approximate surface area is 244 Å². The van der Waals surface area contributed by atoms with Crippen molar-refractivity contribution in [1.29, 1.82) is 0 Å². The Balaban J connectivity index is 1.47. The number of hydrogen-bond acceptors (Lipinski definition) is 10. The number of anilines is 2. The third-order valence-corrected chi connectivity index (χ3v) is 13.5. The van der Waals surface area contributed by atoms with E-state index in [2.05, 4.69) is 23.7 Å². The minimum Gasteiger partial charge on any atom is -0.497 e. The number of carbonyl (C=O) groups is 2. The van der Waals surface area contributed by atoms with Crippen LogP contribution in [0.3, 0.4) is 0 Å². The van der Waals surface area contributed by atoms with Crippen molar-refractivity contribution in [1.82, 2.24) is 0 Å². The van der Waals surface area contributed by atoms with Crippen LogP contribution in [0.2, 0.25) is 18.6 Å². The van der Waals surface area contributed by atoms with E-state index in [4.69, 9.17) is 14.2 Å². The molecule has 13 heteroatoms. The van der Waals surface area contributed by atoms with Crippen LogP contribution in [-0.2, 0) is 24.7 Å². The van der Waals surface area contributed by atoms with Crippen molar-refractivity contribution in [3.63, 3.8) is 0 Å². The van der Waals surface area contributed by atoms with Gasteiger partial charge < -0.3 is 50.4 Å². The average molecular weight is 603 g/mol. The Kier molecular flexibility index (Phi) is 8.24. The van der Waals surface area contributed by atoms with Gasteiger partial charge in [0.1, 0.15) is 24.1 Å². The normalized spacial score (nSPS) is 34.3. The van der Waals surface area contributed by atoms with Gasteiger partial charge in [-0.25, -0.2) is 0 Å². The Morgan fingerprint density at radius 1 is 1.07 bits per heavy atom. The van der Waals surface area contributed by atoms with E-state index in [1.165, 1.54) is 0 Å². The zero-order chi connectivity index (χ0) is 30.6. The number of hydrogen-bond donors (Lipinski definition) is 7. The van der Waals surface area contributed by atoms with E-state index < -0.39 is 56.4 Å². The lowest BCUT2D eigenvalue weighted by Gasteiger charge is -2.37. The Bertz CT molecular complexity index is 1340. The van der Waals surface area contributed by atoms with Gasteiger partial charge in [0.2, 0.25) is 0 Å². The zero-order valence-corrected chi connectivity index (χ0v) is 24.9. The van der Waals surface area contributed by atoms with Crippen LogP contribution >= 0.6 is 0 Å². The van der Waals surface area contributed by atoms with Crippen molar-refractivity contribution in [2.24, 2.45) is 5.92 Å². The third-order valence-electron chi connectivity index (χ3n) is 9.12. The van der Waals surface area contributed by atoms with Gasteiger partial charge in [0.05, 0.1) is 21.3 Å². The molecule has 0 bridgehead atoms. The van der Waals surface area contributed by atoms with Crippen LogP contribution in [0.1, 0.15) is 18.9 Å². The number of amides is 2. The van der Waals surface area contributed by atoms with E-state index in [9.17, 15) is 35.1 Å². The van der Waals surface area contributed by atoms with Crippen molar-refractivity contribution >= 4 is 36.4 Å². The highest BCUT2D eigenvalue weighted by atomic mass is 28.3. The standard InChI is InChI=1S/C29H38N2O10Si/c1-14-25(42(3,4)17-8-6-16(39-2)7-9-17)20(11-12-32)41-29(14)18-13-15(5-10-19(18)31-28(29)38)30-26(36)24-22(34)21(33)23(35)27(37)40-24/h5-10,13-14,20-25,27,32-35,37H,11-12H2,1-4H3,(H,30,36)(H,31,38)/t14-,20+,21-,22-,23+,24-,25-,27+,29+/m0/s1. The second-order valence-electron chi connectivity index (χ2n) is 11.8. The molecule has 2 fully saturated rings. The first-order chi connectivity index (χ1) is 19.9. The molecule has 2 aromatic rings. The van der Waals surface area contributed by atoms with Crippen LogP contribution in [0.5, 0.6) is 5.75 Å². The first-order valence-corrected chi connectivity index (χ1v) is 17.0. The summed E-state index contributed by atoms with van der Waals surface area (Å²) in [6.07, 6.45) is -8.93. The summed E-state index contributed by atoms with van der Waals surface area (Å²) < 4.78 is 17.0. The molecule has 0 unspecified atom stereocenters. The number of methoxy groups -OCH3 is 1. The van der Waals surface area contributed by atoms with E-state index in [1.54, 1.807) is 25.3 Å². The van der Waals surface area contributed by atoms with Gasteiger partial charge in [0.25, 0.3) is 11.8 Å². The fourth-order valence-corrected chi connectivity index (χ4v) is 11.0. The van der Waals surface area contributed by atoms with Crippen LogP contribution in [0.4, 0.5) is 11.4 Å². The molecule has 1 spiro atoms. The van der Waals surface area contributed by atoms with Gasteiger partial charge in [-0.2, -0.15) is 0 Å². The number of fused-ring (bicyclic) bond motifs is 2. The van der Waals surface area contributed by atoms with Gasteiger partial charge in [0, 0.05) is 29.5 Å². The number of carbonyl (C=O) groups excluding carboxylic acids is 2. The number of ether oxygens (including phenoxy) is 3. The van der Waals surface area contributed by atoms with Gasteiger partial charge in [0.15, 0.2) is 18.0 Å². The molecule has 12 nitrogen and oxygen atoms in total. The molecule has 0 aromatic heterocycles. The molecule has 7 N–H and O–H groups in total. The smallest absolute Gasteiger partial charge is 0.261 e. The third kappa shape index (κ3) is 4.83. The maximum absolute atomic E-state index is 13.7. The Morgan fingerprint density at radius 3 is 2.40 bits per heavy atom. The van der Waals surface area contributed by atoms with Gasteiger partial charge >= 0.3 is 0 Å². The van der Waals surface area contributed by atoms with Crippen LogP contribution in [0, 0.1) is 5.92 Å². The van der Waals surface area contributed by atoms with Crippen molar-refractivity contribution in [2.75, 3.05) is 24.4 Å². The Hall–Kier alpha value is -2.88. The molecule has 3 aliphatic heterocycles. The van der Waals surface area contributed by atoms with Crippen LogP contribution in [0.15, 0.2) is 42.5 Å². The molecular formula is C29H38N2O10Si. The lowest BCUT2D eigenvalue weighted by Crippen LogP contribution is -2.60. The van der Waals surface area contributed by atoms with E-state index in [1.807, 2.05) is 31.2 Å². The second kappa shape index (κ2) is 11.3. The SMILES string of the molecule is COc1ccc([Si](C)(C)[C@@H]2[C@@H](CCO)O[C@]3(C(=O)Nc4ccc(NC(=O)[C@H]5O[C@@H](O)[C@H](O)[C@@H](O)[C@@H]5O)cc43)[C@H]2C)cc1. The fraction of sp³-hybridized carbons (Fsp3) is 0.517. The summed E-state index contributed by atoms with van der Waals surface area (Å²) in [6, 6.07) is 12.7. The zero-order valence-electron chi connectivity index (χ0n) is 23.9. The first-order valence-electron chi connectivity index (χ1n) is 13.9. The lowest BCUT2D eigenvalue weighted by molar-refractivity contribution is -0.274. The van der Waals surface area contributed by atoms with Crippen molar-refractivity contribution < 1.29 is 49.3 Å². The molecule has 2 amide bonds. The summed E-state index contributed by atoms with van der Waals surface area (Å²) in [5.41, 5.74) is -0.115. The minimum absolute atomic E-state index is 0.0619. The fourth-order valence-electron chi connectivity index (χ4n) is 6.90. The summed E-state index contributed by atoms with van der Waals surface area (Å²) in [6.45, 7) is 6.32. The van der Waals surface area contributed by atoms with Gasteiger partial charge in [-0.1, -0.05) is 37.3 Å². The highest BCUT2D eigenvalue weighted by Gasteiger charge is 2.64. The summed E-state index contributed by atoms with van der Waals surface area (Å²) in [5, 5.41) is 56.5. The van der Waals surface area contributed by atoms with Crippen LogP contribution in [-0.4, -0.2) is 95.9 Å². The lowest BCUT2D eigenvalue weighted by atomic mass is 9.82. The topological polar surface area (TPSA) is 187 Å². The molecule has 3 heterocycles. The van der Waals surface area contributed by atoms with Gasteiger partial charge in [-0.05, 0) is 42.3 Å². The first kappa shape index (κ1) is 30.6. The molecule has 228 valence electrons. The quantitative estimate of drug-likeness (QED) is 0.212. The van der Waals surface area contributed by atoms with Gasteiger partial charge in [-0.3, -0.25) is 9.59 Å². The van der Waals surface area contributed by atoms with Crippen LogP contribution in [0.25, 0.3) is 0 Å². The predicted octanol–water partition coefficient (Wildman–Crippen LogP) is -0.0159. The number of benzene rings is 2. The van der Waals surface area contributed by atoms with Crippen molar-refractivity contribution in [2.45, 2.75) is 74.4 Å².